The van der Waals surface area contributed by atoms with E-state index < -0.39 is 0 Å². The molecule has 0 amide bonds. The number of aliphatic hydroxyl groups excluding tert-OH is 1. The van der Waals surface area contributed by atoms with Gasteiger partial charge < -0.3 is 16.6 Å². The van der Waals surface area contributed by atoms with E-state index in [2.05, 4.69) is 4.98 Å². The van der Waals surface area contributed by atoms with Crippen LogP contribution in [0.25, 0.3) is 0 Å². The number of hydrogen-bond donors (Lipinski definition) is 3. The number of nitrogens with two attached hydrogens (primary N) is 2. The van der Waals surface area contributed by atoms with Crippen LogP contribution in [-0.4, -0.2) is 16.6 Å². The van der Waals surface area contributed by atoms with Gasteiger partial charge in [0.25, 0.3) is 0 Å². The molecule has 1 unspecified atom stereocenters. The largest absolute Gasteiger partial charge is 0.390 e. The number of pyridine rings is 1. The molecule has 0 aromatic carbocycles. The maximum Gasteiger partial charge on any atom is 0.0853 e. The first-order chi connectivity index (χ1) is 5.77. The molecule has 5 N–H and O–H groups in total. The van der Waals surface area contributed by atoms with E-state index in [-0.39, 0.29) is 12.6 Å². The van der Waals surface area contributed by atoms with E-state index in [1.54, 1.807) is 12.1 Å². The molecule has 1 heterocycles. The number of hydrogen-bond acceptors (Lipinski definition) is 4. The molecule has 1 aromatic rings. The molecule has 1 atom stereocenters. The lowest BCUT2D eigenvalue weighted by molar-refractivity contribution is 0.276. The highest BCUT2D eigenvalue weighted by molar-refractivity contribution is 5.13. The highest BCUT2D eigenvalue weighted by Gasteiger charge is 2.04. The quantitative estimate of drug-likeness (QED) is 0.568. The van der Waals surface area contributed by atoms with Crippen LogP contribution in [0.5, 0.6) is 0 Å². The Morgan fingerprint density at radius 3 is 2.83 bits per heavy atom. The molecule has 0 fully saturated rings. The van der Waals surface area contributed by atoms with Crippen molar-refractivity contribution in [3.63, 3.8) is 0 Å². The fraction of sp³-hybridized carbons (Fsp3) is 0.375. The summed E-state index contributed by atoms with van der Waals surface area (Å²) in [6.45, 7) is 0.299. The summed E-state index contributed by atoms with van der Waals surface area (Å²) in [5.74, 6) is 0. The maximum atomic E-state index is 8.78. The zero-order valence-electron chi connectivity index (χ0n) is 6.77. The molecule has 12 heavy (non-hydrogen) atoms. The van der Waals surface area contributed by atoms with Crippen molar-refractivity contribution in [2.45, 2.75) is 12.6 Å². The molecule has 66 valence electrons. The van der Waals surface area contributed by atoms with Crippen LogP contribution in [0.15, 0.2) is 18.2 Å². The van der Waals surface area contributed by atoms with E-state index in [0.29, 0.717) is 12.2 Å². The number of aromatic nitrogens is 1. The van der Waals surface area contributed by atoms with Gasteiger partial charge >= 0.3 is 0 Å². The minimum absolute atomic E-state index is 0.0644. The van der Waals surface area contributed by atoms with Crippen LogP contribution < -0.4 is 11.5 Å². The summed E-state index contributed by atoms with van der Waals surface area (Å²) in [4.78, 5) is 4.11. The molecule has 0 aliphatic carbocycles. The monoisotopic (exact) mass is 167 g/mol. The summed E-state index contributed by atoms with van der Waals surface area (Å²) in [6, 6.07) is 5.11. The smallest absolute Gasteiger partial charge is 0.0853 e. The standard InChI is InChI=1S/C8H13N3O/c9-4-7(10)8-3-1-2-6(5-12)11-8/h1-3,7,12H,4-5,9-10H2. The molecule has 4 heteroatoms. The highest BCUT2D eigenvalue weighted by atomic mass is 16.3. The van der Waals surface area contributed by atoms with Crippen molar-refractivity contribution in [2.75, 3.05) is 6.54 Å². The van der Waals surface area contributed by atoms with Gasteiger partial charge in [0.05, 0.1) is 24.0 Å². The predicted octanol–water partition coefficient (Wildman–Crippen LogP) is -0.468. The minimum atomic E-state index is -0.239. The molecular formula is C8H13N3O. The Balaban J connectivity index is 2.86. The SMILES string of the molecule is NCC(N)c1cccc(CO)n1. The maximum absolute atomic E-state index is 8.78. The first-order valence-corrected chi connectivity index (χ1v) is 3.80. The molecule has 1 aromatic heterocycles. The third kappa shape index (κ3) is 2.01. The van der Waals surface area contributed by atoms with Gasteiger partial charge in [0.2, 0.25) is 0 Å². The van der Waals surface area contributed by atoms with Crippen LogP contribution in [0.4, 0.5) is 0 Å². The van der Waals surface area contributed by atoms with Gasteiger partial charge in [0.1, 0.15) is 0 Å². The Morgan fingerprint density at radius 1 is 1.50 bits per heavy atom. The van der Waals surface area contributed by atoms with Gasteiger partial charge in [-0.1, -0.05) is 6.07 Å². The molecule has 0 radical (unpaired) electrons. The molecule has 0 aliphatic rings. The van der Waals surface area contributed by atoms with E-state index in [0.717, 1.165) is 5.69 Å². The van der Waals surface area contributed by atoms with E-state index >= 15 is 0 Å². The lowest BCUT2D eigenvalue weighted by Gasteiger charge is -2.08. The van der Waals surface area contributed by atoms with Gasteiger partial charge in [-0.25, -0.2) is 0 Å². The van der Waals surface area contributed by atoms with Crippen LogP contribution in [0.2, 0.25) is 0 Å². The second-order valence-electron chi connectivity index (χ2n) is 2.55. The van der Waals surface area contributed by atoms with Crippen LogP contribution >= 0.6 is 0 Å². The first-order valence-electron chi connectivity index (χ1n) is 3.80. The number of nitrogens with zero attached hydrogens (tertiary/aromatic N) is 1. The Kier molecular flexibility index (Phi) is 3.16. The first kappa shape index (κ1) is 9.12. The molecule has 1 rings (SSSR count). The second kappa shape index (κ2) is 4.15. The van der Waals surface area contributed by atoms with Crippen molar-refractivity contribution < 1.29 is 5.11 Å². The lowest BCUT2D eigenvalue weighted by atomic mass is 10.2. The Bertz CT molecular complexity index is 252. The lowest BCUT2D eigenvalue weighted by Crippen LogP contribution is -2.22. The molecular weight excluding hydrogens is 154 g/mol. The van der Waals surface area contributed by atoms with Gasteiger partial charge in [-0.2, -0.15) is 0 Å². The third-order valence-electron chi connectivity index (χ3n) is 1.62. The van der Waals surface area contributed by atoms with Gasteiger partial charge in [-0.05, 0) is 12.1 Å². The van der Waals surface area contributed by atoms with Gasteiger partial charge in [0, 0.05) is 6.54 Å². The van der Waals surface area contributed by atoms with Crippen molar-refractivity contribution in [1.29, 1.82) is 0 Å². The molecule has 0 aliphatic heterocycles. The van der Waals surface area contributed by atoms with Crippen molar-refractivity contribution in [2.24, 2.45) is 11.5 Å². The second-order valence-corrected chi connectivity index (χ2v) is 2.55. The minimum Gasteiger partial charge on any atom is -0.390 e. The molecule has 0 spiro atoms. The van der Waals surface area contributed by atoms with Crippen LogP contribution in [0.1, 0.15) is 17.4 Å². The van der Waals surface area contributed by atoms with Crippen molar-refractivity contribution >= 4 is 0 Å². The van der Waals surface area contributed by atoms with Gasteiger partial charge in [0.15, 0.2) is 0 Å². The Labute approximate surface area is 71.2 Å². The summed E-state index contributed by atoms with van der Waals surface area (Å²) in [7, 11) is 0. The Hall–Kier alpha value is -0.970. The van der Waals surface area contributed by atoms with Crippen molar-refractivity contribution in [3.05, 3.63) is 29.6 Å². The van der Waals surface area contributed by atoms with Gasteiger partial charge in [-0.15, -0.1) is 0 Å². The summed E-state index contributed by atoms with van der Waals surface area (Å²) < 4.78 is 0. The van der Waals surface area contributed by atoms with Crippen LogP contribution in [0, 0.1) is 0 Å². The van der Waals surface area contributed by atoms with Crippen LogP contribution in [-0.2, 0) is 6.61 Å². The number of aliphatic hydroxyl groups is 1. The van der Waals surface area contributed by atoms with Crippen molar-refractivity contribution in [3.8, 4) is 0 Å². The third-order valence-corrected chi connectivity index (χ3v) is 1.62. The van der Waals surface area contributed by atoms with E-state index in [1.807, 2.05) is 6.07 Å². The molecule has 0 bridgehead atoms. The van der Waals surface area contributed by atoms with Crippen LogP contribution in [0.3, 0.4) is 0 Å². The summed E-state index contributed by atoms with van der Waals surface area (Å²) in [5, 5.41) is 8.78. The fourth-order valence-corrected chi connectivity index (χ4v) is 0.913. The number of rotatable bonds is 3. The average Bonchev–Trinajstić information content (AvgIpc) is 2.17. The predicted molar refractivity (Wildman–Crippen MR) is 46.1 cm³/mol. The zero-order valence-corrected chi connectivity index (χ0v) is 6.77. The summed E-state index contributed by atoms with van der Waals surface area (Å²) >= 11 is 0. The molecule has 0 saturated heterocycles. The Morgan fingerprint density at radius 2 is 2.25 bits per heavy atom. The van der Waals surface area contributed by atoms with Gasteiger partial charge in [-0.3, -0.25) is 4.98 Å². The van der Waals surface area contributed by atoms with Crippen molar-refractivity contribution in [1.82, 2.24) is 4.98 Å². The fourth-order valence-electron chi connectivity index (χ4n) is 0.913. The average molecular weight is 167 g/mol. The zero-order chi connectivity index (χ0) is 8.97. The highest BCUT2D eigenvalue weighted by Crippen LogP contribution is 2.06. The van der Waals surface area contributed by atoms with E-state index in [4.69, 9.17) is 16.6 Å². The molecule has 4 nitrogen and oxygen atoms in total. The summed E-state index contributed by atoms with van der Waals surface area (Å²) in [5.41, 5.74) is 12.4. The van der Waals surface area contributed by atoms with E-state index in [9.17, 15) is 0 Å². The normalized spacial score (nSPS) is 12.9. The molecule has 0 saturated carbocycles. The van der Waals surface area contributed by atoms with E-state index in [1.165, 1.54) is 0 Å². The topological polar surface area (TPSA) is 85.2 Å². The summed E-state index contributed by atoms with van der Waals surface area (Å²) in [6.07, 6.45) is 0.